The molecule has 1 N–H and O–H groups in total. The number of hydrogen-bond acceptors (Lipinski definition) is 10. The lowest BCUT2D eigenvalue weighted by Crippen LogP contribution is -2.29. The SMILES string of the molecule is CCCCCOc1ccc(C2/C(=C(/O)c3ccc(OCCCC)cc3)C(=O)C(=O)N2c2nc(C)c(C(=O)OC)s2)cc1OC. The number of ketones is 1. The summed E-state index contributed by atoms with van der Waals surface area (Å²) in [5, 5.41) is 11.7. The number of ether oxygens (including phenoxy) is 4. The summed E-state index contributed by atoms with van der Waals surface area (Å²) in [7, 11) is 2.76. The lowest BCUT2D eigenvalue weighted by Gasteiger charge is -2.24. The van der Waals surface area contributed by atoms with E-state index < -0.39 is 23.7 Å². The van der Waals surface area contributed by atoms with Crippen molar-refractivity contribution in [3.63, 3.8) is 0 Å². The van der Waals surface area contributed by atoms with Crippen LogP contribution in [0.3, 0.4) is 0 Å². The number of thiazole rings is 1. The molecular weight excluding hydrogens is 584 g/mol. The zero-order valence-corrected chi connectivity index (χ0v) is 26.5. The molecule has 2 aromatic carbocycles. The Morgan fingerprint density at radius 3 is 2.32 bits per heavy atom. The van der Waals surface area contributed by atoms with Gasteiger partial charge < -0.3 is 24.1 Å². The molecule has 1 fully saturated rings. The van der Waals surface area contributed by atoms with E-state index in [1.54, 1.807) is 49.4 Å². The first-order chi connectivity index (χ1) is 21.2. The molecule has 0 spiro atoms. The van der Waals surface area contributed by atoms with Crippen molar-refractivity contribution in [2.45, 2.75) is 58.9 Å². The Hall–Kier alpha value is -4.38. The minimum atomic E-state index is -1.07. The molecule has 1 aromatic heterocycles. The summed E-state index contributed by atoms with van der Waals surface area (Å²) in [5.74, 6) is -1.19. The van der Waals surface area contributed by atoms with Gasteiger partial charge in [0.15, 0.2) is 16.6 Å². The fourth-order valence-electron chi connectivity index (χ4n) is 4.82. The lowest BCUT2D eigenvalue weighted by atomic mass is 9.95. The number of nitrogens with zero attached hydrogens (tertiary/aromatic N) is 2. The van der Waals surface area contributed by atoms with Crippen molar-refractivity contribution in [1.82, 2.24) is 4.98 Å². The smallest absolute Gasteiger partial charge is 0.350 e. The molecule has 44 heavy (non-hydrogen) atoms. The van der Waals surface area contributed by atoms with Gasteiger partial charge in [0, 0.05) is 5.56 Å². The number of aliphatic hydroxyl groups excluding tert-OH is 1. The molecule has 1 saturated heterocycles. The Balaban J connectivity index is 1.82. The minimum absolute atomic E-state index is 0.118. The van der Waals surface area contributed by atoms with Gasteiger partial charge in [0.25, 0.3) is 5.78 Å². The van der Waals surface area contributed by atoms with Crippen LogP contribution in [0.15, 0.2) is 48.0 Å². The number of esters is 1. The van der Waals surface area contributed by atoms with Crippen LogP contribution < -0.4 is 19.1 Å². The highest BCUT2D eigenvalue weighted by Gasteiger charge is 2.48. The lowest BCUT2D eigenvalue weighted by molar-refractivity contribution is -0.132. The number of carbonyl (C=O) groups excluding carboxylic acids is 3. The highest BCUT2D eigenvalue weighted by Crippen LogP contribution is 2.45. The number of aromatic nitrogens is 1. The highest BCUT2D eigenvalue weighted by molar-refractivity contribution is 7.17. The molecule has 0 saturated carbocycles. The molecule has 1 aliphatic heterocycles. The monoisotopic (exact) mass is 622 g/mol. The number of hydrogen-bond donors (Lipinski definition) is 1. The van der Waals surface area contributed by atoms with Gasteiger partial charge in [-0.3, -0.25) is 14.5 Å². The largest absolute Gasteiger partial charge is 0.507 e. The van der Waals surface area contributed by atoms with Gasteiger partial charge in [0.1, 0.15) is 16.4 Å². The highest BCUT2D eigenvalue weighted by atomic mass is 32.1. The van der Waals surface area contributed by atoms with Gasteiger partial charge in [-0.2, -0.15) is 0 Å². The first kappa shape index (κ1) is 32.5. The number of anilines is 1. The fraction of sp³-hybridized carbons (Fsp3) is 0.394. The van der Waals surface area contributed by atoms with Crippen molar-refractivity contribution in [3.8, 4) is 17.2 Å². The molecule has 1 aliphatic rings. The molecule has 1 atom stereocenters. The molecule has 0 aliphatic carbocycles. The van der Waals surface area contributed by atoms with Gasteiger partial charge in [0.2, 0.25) is 0 Å². The molecular formula is C33H38N2O8S. The van der Waals surface area contributed by atoms with Gasteiger partial charge in [-0.05, 0) is 61.7 Å². The Kier molecular flexibility index (Phi) is 11.0. The third kappa shape index (κ3) is 6.88. The van der Waals surface area contributed by atoms with E-state index in [0.717, 1.165) is 43.4 Å². The number of methoxy groups -OCH3 is 2. The van der Waals surface area contributed by atoms with E-state index >= 15 is 0 Å². The van der Waals surface area contributed by atoms with Crippen LogP contribution in [0.5, 0.6) is 17.2 Å². The maximum absolute atomic E-state index is 13.6. The van der Waals surface area contributed by atoms with Gasteiger partial charge in [-0.25, -0.2) is 9.78 Å². The Morgan fingerprint density at radius 2 is 1.66 bits per heavy atom. The Bertz CT molecular complexity index is 1530. The predicted molar refractivity (Wildman–Crippen MR) is 168 cm³/mol. The topological polar surface area (TPSA) is 124 Å². The molecule has 0 radical (unpaired) electrons. The molecule has 2 heterocycles. The van der Waals surface area contributed by atoms with Crippen LogP contribution in [-0.4, -0.2) is 55.2 Å². The van der Waals surface area contributed by atoms with Crippen LogP contribution in [0.2, 0.25) is 0 Å². The summed E-state index contributed by atoms with van der Waals surface area (Å²) >= 11 is 0.934. The predicted octanol–water partition coefficient (Wildman–Crippen LogP) is 6.62. The van der Waals surface area contributed by atoms with E-state index in [9.17, 15) is 19.5 Å². The van der Waals surface area contributed by atoms with Crippen LogP contribution >= 0.6 is 11.3 Å². The molecule has 234 valence electrons. The molecule has 0 bridgehead atoms. The van der Waals surface area contributed by atoms with E-state index in [1.165, 1.54) is 19.1 Å². The molecule has 1 amide bonds. The number of amides is 1. The second kappa shape index (κ2) is 14.9. The summed E-state index contributed by atoms with van der Waals surface area (Å²) in [5.41, 5.74) is 1.05. The zero-order valence-electron chi connectivity index (χ0n) is 25.7. The number of aliphatic hydroxyl groups is 1. The normalized spacial score (nSPS) is 15.8. The quantitative estimate of drug-likeness (QED) is 0.0694. The summed E-state index contributed by atoms with van der Waals surface area (Å²) in [6.45, 7) is 6.88. The van der Waals surface area contributed by atoms with Crippen molar-refractivity contribution in [2.75, 3.05) is 32.3 Å². The molecule has 3 aromatic rings. The summed E-state index contributed by atoms with van der Waals surface area (Å²) < 4.78 is 22.2. The third-order valence-corrected chi connectivity index (χ3v) is 8.35. The average molecular weight is 623 g/mol. The summed E-state index contributed by atoms with van der Waals surface area (Å²) in [4.78, 5) is 45.5. The molecule has 1 unspecified atom stereocenters. The van der Waals surface area contributed by atoms with Crippen LogP contribution in [0.1, 0.15) is 78.5 Å². The number of unbranched alkanes of at least 4 members (excludes halogenated alkanes) is 3. The van der Waals surface area contributed by atoms with Crippen molar-refractivity contribution in [2.24, 2.45) is 0 Å². The van der Waals surface area contributed by atoms with Crippen molar-refractivity contribution < 1.29 is 38.4 Å². The minimum Gasteiger partial charge on any atom is -0.507 e. The standard InChI is InChI=1S/C33H38N2O8S/c1-6-8-10-18-43-24-16-13-22(19-25(24)40-4)27-26(28(36)21-11-14-23(15-12-21)42-17-9-7-2)29(37)31(38)35(27)33-34-20(3)30(44-33)32(39)41-5/h11-16,19,27,36H,6-10,17-18H2,1-5H3/b28-26-. The van der Waals surface area contributed by atoms with Gasteiger partial charge in [-0.1, -0.05) is 50.5 Å². The van der Waals surface area contributed by atoms with Crippen molar-refractivity contribution in [1.29, 1.82) is 0 Å². The maximum atomic E-state index is 13.6. The van der Waals surface area contributed by atoms with E-state index in [4.69, 9.17) is 18.9 Å². The number of benzene rings is 2. The van der Waals surface area contributed by atoms with Crippen molar-refractivity contribution in [3.05, 3.63) is 69.7 Å². The number of Topliss-reactive ketones (excluding diaryl/α,β-unsaturated/α-hetero) is 1. The zero-order chi connectivity index (χ0) is 31.8. The van der Waals surface area contributed by atoms with Crippen LogP contribution in [-0.2, 0) is 14.3 Å². The second-order valence-corrected chi connectivity index (χ2v) is 11.2. The summed E-state index contributed by atoms with van der Waals surface area (Å²) in [6, 6.07) is 10.7. The number of rotatable bonds is 14. The van der Waals surface area contributed by atoms with Crippen LogP contribution in [0.4, 0.5) is 5.13 Å². The van der Waals surface area contributed by atoms with Gasteiger partial charge in [0.05, 0.1) is 44.7 Å². The van der Waals surface area contributed by atoms with Crippen LogP contribution in [0, 0.1) is 6.92 Å². The molecule has 4 rings (SSSR count). The number of carbonyl (C=O) groups is 3. The summed E-state index contributed by atoms with van der Waals surface area (Å²) in [6.07, 6.45) is 4.87. The maximum Gasteiger partial charge on any atom is 0.350 e. The van der Waals surface area contributed by atoms with Crippen LogP contribution in [0.25, 0.3) is 5.76 Å². The Morgan fingerprint density at radius 1 is 0.955 bits per heavy atom. The first-order valence-corrected chi connectivity index (χ1v) is 15.5. The fourth-order valence-corrected chi connectivity index (χ4v) is 5.83. The second-order valence-electron chi connectivity index (χ2n) is 10.3. The van der Waals surface area contributed by atoms with E-state index in [-0.39, 0.29) is 21.3 Å². The van der Waals surface area contributed by atoms with Gasteiger partial charge in [-0.15, -0.1) is 0 Å². The van der Waals surface area contributed by atoms with E-state index in [2.05, 4.69) is 18.8 Å². The average Bonchev–Trinajstić information content (AvgIpc) is 3.54. The first-order valence-electron chi connectivity index (χ1n) is 14.7. The third-order valence-electron chi connectivity index (χ3n) is 7.21. The van der Waals surface area contributed by atoms with E-state index in [1.807, 2.05) is 0 Å². The Labute approximate surface area is 261 Å². The van der Waals surface area contributed by atoms with E-state index in [0.29, 0.717) is 47.3 Å². The van der Waals surface area contributed by atoms with Crippen molar-refractivity contribution >= 4 is 39.9 Å². The molecule has 11 heteroatoms. The number of aryl methyl sites for hydroxylation is 1. The van der Waals surface area contributed by atoms with Gasteiger partial charge >= 0.3 is 11.9 Å². The molecule has 10 nitrogen and oxygen atoms in total.